The van der Waals surface area contributed by atoms with E-state index in [1.807, 2.05) is 0 Å². The van der Waals surface area contributed by atoms with Gasteiger partial charge >= 0.3 is 0 Å². The Morgan fingerprint density at radius 1 is 1.30 bits per heavy atom. The highest BCUT2D eigenvalue weighted by Crippen LogP contribution is 2.40. The lowest BCUT2D eigenvalue weighted by atomic mass is 10.00. The monoisotopic (exact) mass is 319 g/mol. The smallest absolute Gasteiger partial charge is 0.246 e. The van der Waals surface area contributed by atoms with Gasteiger partial charge < -0.3 is 5.11 Å². The van der Waals surface area contributed by atoms with Crippen molar-refractivity contribution in [2.75, 3.05) is 13.1 Å². The van der Waals surface area contributed by atoms with Crippen LogP contribution in [-0.4, -0.2) is 37.0 Å². The predicted molar refractivity (Wildman–Crippen MR) is 72.4 cm³/mol. The van der Waals surface area contributed by atoms with Gasteiger partial charge in [0.15, 0.2) is 5.82 Å². The number of benzene rings is 1. The van der Waals surface area contributed by atoms with Gasteiger partial charge in [-0.3, -0.25) is 0 Å². The maximum Gasteiger partial charge on any atom is 0.246 e. The first-order chi connectivity index (χ1) is 9.41. The zero-order chi connectivity index (χ0) is 14.5. The lowest BCUT2D eigenvalue weighted by Crippen LogP contribution is -2.31. The summed E-state index contributed by atoms with van der Waals surface area (Å²) in [7, 11) is -3.89. The quantitative estimate of drug-likeness (QED) is 0.905. The first-order valence-electron chi connectivity index (χ1n) is 6.53. The summed E-state index contributed by atoms with van der Waals surface area (Å²) < 4.78 is 40.2. The predicted octanol–water partition coefficient (Wildman–Crippen LogP) is 1.87. The highest BCUT2D eigenvalue weighted by molar-refractivity contribution is 7.89. The van der Waals surface area contributed by atoms with Crippen molar-refractivity contribution in [1.29, 1.82) is 0 Å². The molecule has 1 aliphatic carbocycles. The van der Waals surface area contributed by atoms with Gasteiger partial charge in [0.25, 0.3) is 0 Å². The second-order valence-electron chi connectivity index (χ2n) is 5.44. The number of hydrogen-bond donors (Lipinski definition) is 1. The van der Waals surface area contributed by atoms with E-state index in [4.69, 9.17) is 11.6 Å². The van der Waals surface area contributed by atoms with Crippen LogP contribution in [0.4, 0.5) is 4.39 Å². The molecule has 0 spiro atoms. The minimum Gasteiger partial charge on any atom is -0.393 e. The molecule has 4 nitrogen and oxygen atoms in total. The summed E-state index contributed by atoms with van der Waals surface area (Å²) in [6, 6.07) is 3.96. The third kappa shape index (κ3) is 2.15. The average molecular weight is 320 g/mol. The topological polar surface area (TPSA) is 57.6 Å². The Bertz CT molecular complexity index is 637. The molecule has 1 saturated carbocycles. The van der Waals surface area contributed by atoms with E-state index in [-0.39, 0.29) is 28.3 Å². The molecule has 2 fully saturated rings. The van der Waals surface area contributed by atoms with Gasteiger partial charge in [0.1, 0.15) is 4.90 Å². The number of sulfonamides is 1. The fraction of sp³-hybridized carbons (Fsp3) is 0.538. The zero-order valence-corrected chi connectivity index (χ0v) is 12.2. The number of rotatable bonds is 2. The fourth-order valence-electron chi connectivity index (χ4n) is 3.21. The van der Waals surface area contributed by atoms with Crippen LogP contribution in [0.5, 0.6) is 0 Å². The second kappa shape index (κ2) is 4.94. The third-order valence-electron chi connectivity index (χ3n) is 4.32. The molecule has 1 saturated heterocycles. The van der Waals surface area contributed by atoms with Crippen molar-refractivity contribution in [1.82, 2.24) is 4.31 Å². The Labute approximate surface area is 122 Å². The molecule has 1 heterocycles. The van der Waals surface area contributed by atoms with E-state index in [2.05, 4.69) is 0 Å². The minimum absolute atomic E-state index is 0.0352. The van der Waals surface area contributed by atoms with Crippen LogP contribution in [-0.2, 0) is 10.0 Å². The molecule has 7 heteroatoms. The number of nitrogens with zero attached hydrogens (tertiary/aromatic N) is 1. The molecular weight excluding hydrogens is 305 g/mol. The van der Waals surface area contributed by atoms with Crippen LogP contribution < -0.4 is 0 Å². The van der Waals surface area contributed by atoms with Crippen LogP contribution in [0.2, 0.25) is 5.02 Å². The van der Waals surface area contributed by atoms with Crippen LogP contribution in [0.25, 0.3) is 0 Å². The van der Waals surface area contributed by atoms with Gasteiger partial charge in [-0.05, 0) is 30.9 Å². The highest BCUT2D eigenvalue weighted by atomic mass is 35.5. The van der Waals surface area contributed by atoms with Gasteiger partial charge in [-0.25, -0.2) is 12.8 Å². The molecule has 1 aromatic carbocycles. The maximum atomic E-state index is 13.9. The SMILES string of the molecule is O=S(=O)(c1cccc(Cl)c1F)N1CC2CCC(O)C2C1. The first kappa shape index (κ1) is 14.3. The van der Waals surface area contributed by atoms with Gasteiger partial charge in [-0.1, -0.05) is 17.7 Å². The molecule has 20 heavy (non-hydrogen) atoms. The molecule has 3 rings (SSSR count). The molecule has 0 aromatic heterocycles. The summed E-state index contributed by atoms with van der Waals surface area (Å²) >= 11 is 5.65. The number of aliphatic hydroxyl groups is 1. The summed E-state index contributed by atoms with van der Waals surface area (Å²) in [5, 5.41) is 9.63. The lowest BCUT2D eigenvalue weighted by molar-refractivity contribution is 0.129. The van der Waals surface area contributed by atoms with E-state index in [1.165, 1.54) is 22.5 Å². The largest absolute Gasteiger partial charge is 0.393 e. The molecule has 3 unspecified atom stereocenters. The number of hydrogen-bond acceptors (Lipinski definition) is 3. The normalized spacial score (nSPS) is 30.6. The lowest BCUT2D eigenvalue weighted by Gasteiger charge is -2.18. The van der Waals surface area contributed by atoms with E-state index in [0.29, 0.717) is 6.54 Å². The Morgan fingerprint density at radius 3 is 2.75 bits per heavy atom. The standard InChI is InChI=1S/C13H15ClFNO3S/c14-10-2-1-3-12(13(10)15)20(18,19)16-6-8-4-5-11(17)9(8)7-16/h1-3,8-9,11,17H,4-7H2. The molecule has 0 radical (unpaired) electrons. The van der Waals surface area contributed by atoms with E-state index in [1.54, 1.807) is 0 Å². The van der Waals surface area contributed by atoms with E-state index < -0.39 is 21.9 Å². The van der Waals surface area contributed by atoms with E-state index in [0.717, 1.165) is 12.8 Å². The van der Waals surface area contributed by atoms with E-state index in [9.17, 15) is 17.9 Å². The third-order valence-corrected chi connectivity index (χ3v) is 6.46. The maximum absolute atomic E-state index is 13.9. The van der Waals surface area contributed by atoms with Crippen molar-refractivity contribution < 1.29 is 17.9 Å². The average Bonchev–Trinajstić information content (AvgIpc) is 2.96. The van der Waals surface area contributed by atoms with Crippen LogP contribution in [0.1, 0.15) is 12.8 Å². The van der Waals surface area contributed by atoms with Crippen molar-refractivity contribution >= 4 is 21.6 Å². The second-order valence-corrected chi connectivity index (χ2v) is 7.76. The summed E-state index contributed by atoms with van der Waals surface area (Å²) in [5.74, 6) is -0.777. The number of aliphatic hydroxyl groups excluding tert-OH is 1. The minimum atomic E-state index is -3.89. The van der Waals surface area contributed by atoms with Gasteiger partial charge in [0.05, 0.1) is 11.1 Å². The van der Waals surface area contributed by atoms with Crippen molar-refractivity contribution in [3.8, 4) is 0 Å². The molecule has 1 N–H and O–H groups in total. The summed E-state index contributed by atoms with van der Waals surface area (Å²) in [4.78, 5) is -0.389. The summed E-state index contributed by atoms with van der Waals surface area (Å²) in [6.45, 7) is 0.593. The van der Waals surface area contributed by atoms with Gasteiger partial charge in [-0.15, -0.1) is 0 Å². The molecule has 1 aromatic rings. The molecule has 0 bridgehead atoms. The Morgan fingerprint density at radius 2 is 2.05 bits per heavy atom. The summed E-state index contributed by atoms with van der Waals surface area (Å²) in [6.07, 6.45) is 1.08. The van der Waals surface area contributed by atoms with Crippen LogP contribution in [0, 0.1) is 17.7 Å². The number of halogens is 2. The number of fused-ring (bicyclic) bond motifs is 1. The molecule has 0 amide bonds. The molecule has 3 atom stereocenters. The van der Waals surface area contributed by atoms with Crippen molar-refractivity contribution in [2.24, 2.45) is 11.8 Å². The highest BCUT2D eigenvalue weighted by Gasteiger charge is 2.46. The molecular formula is C13H15ClFNO3S. The van der Waals surface area contributed by atoms with Crippen molar-refractivity contribution in [2.45, 2.75) is 23.8 Å². The first-order valence-corrected chi connectivity index (χ1v) is 8.35. The summed E-state index contributed by atoms with van der Waals surface area (Å²) in [5.41, 5.74) is 0. The Kier molecular flexibility index (Phi) is 3.52. The van der Waals surface area contributed by atoms with Gasteiger partial charge in [0.2, 0.25) is 10.0 Å². The molecule has 110 valence electrons. The van der Waals surface area contributed by atoms with Gasteiger partial charge in [0, 0.05) is 19.0 Å². The van der Waals surface area contributed by atoms with Crippen molar-refractivity contribution in [3.05, 3.63) is 29.0 Å². The zero-order valence-electron chi connectivity index (χ0n) is 10.7. The Balaban J connectivity index is 1.92. The van der Waals surface area contributed by atoms with Crippen LogP contribution in [0.3, 0.4) is 0 Å². The molecule has 2 aliphatic rings. The van der Waals surface area contributed by atoms with Crippen molar-refractivity contribution in [3.63, 3.8) is 0 Å². The van der Waals surface area contributed by atoms with Crippen LogP contribution >= 0.6 is 11.6 Å². The van der Waals surface area contributed by atoms with Crippen LogP contribution in [0.15, 0.2) is 23.1 Å². The Hall–Kier alpha value is -0.690. The molecule has 1 aliphatic heterocycles. The fourth-order valence-corrected chi connectivity index (χ4v) is 5.07. The van der Waals surface area contributed by atoms with Gasteiger partial charge in [-0.2, -0.15) is 4.31 Å². The van der Waals surface area contributed by atoms with E-state index >= 15 is 0 Å².